The van der Waals surface area contributed by atoms with E-state index in [0.717, 1.165) is 34.2 Å². The first-order valence-corrected chi connectivity index (χ1v) is 15.1. The second-order valence-corrected chi connectivity index (χ2v) is 12.0. The molecule has 12 heteroatoms. The molecule has 0 spiro atoms. The molecule has 3 aromatic heterocycles. The van der Waals surface area contributed by atoms with Gasteiger partial charge in [0, 0.05) is 39.9 Å². The van der Waals surface area contributed by atoms with E-state index >= 15 is 4.39 Å². The topological polar surface area (TPSA) is 124 Å². The molecular formula is C33H31F2N5O4S. The molecule has 3 atom stereocenters. The number of carbonyl (C=O) groups excluding carboxylic acids is 1. The van der Waals surface area contributed by atoms with Crippen LogP contribution in [0.2, 0.25) is 0 Å². The number of aromatic nitrogens is 3. The van der Waals surface area contributed by atoms with Crippen molar-refractivity contribution in [2.45, 2.75) is 38.8 Å². The number of hydrogen-bond acceptors (Lipinski definition) is 8. The maximum Gasteiger partial charge on any atom is 0.243 e. The Kier molecular flexibility index (Phi) is 8.23. The van der Waals surface area contributed by atoms with Crippen LogP contribution in [0, 0.1) is 11.6 Å². The van der Waals surface area contributed by atoms with Gasteiger partial charge in [-0.1, -0.05) is 18.7 Å². The number of amides is 1. The highest BCUT2D eigenvalue weighted by Gasteiger charge is 2.29. The summed E-state index contributed by atoms with van der Waals surface area (Å²) < 4.78 is 36.8. The van der Waals surface area contributed by atoms with Gasteiger partial charge in [-0.05, 0) is 61.7 Å². The van der Waals surface area contributed by atoms with Gasteiger partial charge in [0.2, 0.25) is 5.91 Å². The highest BCUT2D eigenvalue weighted by Crippen LogP contribution is 2.47. The Hall–Kier alpha value is -4.49. The summed E-state index contributed by atoms with van der Waals surface area (Å²) >= 11 is 1.36. The third-order valence-electron chi connectivity index (χ3n) is 7.74. The van der Waals surface area contributed by atoms with Crippen molar-refractivity contribution in [3.63, 3.8) is 0 Å². The molecule has 2 aromatic carbocycles. The van der Waals surface area contributed by atoms with Crippen LogP contribution in [-0.2, 0) is 11.3 Å². The molecule has 6 rings (SSSR count). The van der Waals surface area contributed by atoms with Gasteiger partial charge in [0.1, 0.15) is 41.6 Å². The summed E-state index contributed by atoms with van der Waals surface area (Å²) in [7, 11) is 1.84. The number of fused-ring (bicyclic) bond motifs is 2. The second-order valence-electron chi connectivity index (χ2n) is 11.1. The van der Waals surface area contributed by atoms with E-state index in [9.17, 15) is 19.4 Å². The monoisotopic (exact) mass is 631 g/mol. The molecule has 0 saturated carbocycles. The van der Waals surface area contributed by atoms with Crippen molar-refractivity contribution in [1.82, 2.24) is 25.4 Å². The molecule has 0 saturated heterocycles. The first-order chi connectivity index (χ1) is 21.5. The van der Waals surface area contributed by atoms with Gasteiger partial charge in [-0.3, -0.25) is 14.8 Å². The third kappa shape index (κ3) is 5.73. The van der Waals surface area contributed by atoms with Crippen LogP contribution in [0.3, 0.4) is 0 Å². The lowest BCUT2D eigenvalue weighted by Gasteiger charge is -2.18. The summed E-state index contributed by atoms with van der Waals surface area (Å²) in [4.78, 5) is 18.9. The fourth-order valence-corrected chi connectivity index (χ4v) is 6.49. The predicted octanol–water partition coefficient (Wildman–Crippen LogP) is 5.86. The van der Waals surface area contributed by atoms with Crippen LogP contribution in [0.4, 0.5) is 8.78 Å². The van der Waals surface area contributed by atoms with Gasteiger partial charge in [-0.25, -0.2) is 13.8 Å². The molecule has 0 radical (unpaired) electrons. The van der Waals surface area contributed by atoms with Crippen molar-refractivity contribution in [2.24, 2.45) is 0 Å². The number of hydrogen-bond donors (Lipinski definition) is 4. The Bertz CT molecular complexity index is 1940. The Labute approximate surface area is 261 Å². The number of pyridine rings is 1. The van der Waals surface area contributed by atoms with E-state index in [4.69, 9.17) is 9.72 Å². The number of halogens is 2. The number of benzene rings is 2. The van der Waals surface area contributed by atoms with Gasteiger partial charge < -0.3 is 20.3 Å². The first-order valence-electron chi connectivity index (χ1n) is 14.3. The van der Waals surface area contributed by atoms with Gasteiger partial charge in [-0.2, -0.15) is 5.10 Å². The fraction of sp³-hybridized carbons (Fsp3) is 0.242. The smallest absolute Gasteiger partial charge is 0.243 e. The largest absolute Gasteiger partial charge is 0.490 e. The molecule has 9 nitrogen and oxygen atoms in total. The predicted molar refractivity (Wildman–Crippen MR) is 168 cm³/mol. The highest BCUT2D eigenvalue weighted by atomic mass is 32.1. The van der Waals surface area contributed by atoms with Gasteiger partial charge in [0.05, 0.1) is 29.1 Å². The number of thiophene rings is 1. The minimum Gasteiger partial charge on any atom is -0.490 e. The van der Waals surface area contributed by atoms with E-state index in [1.165, 1.54) is 24.3 Å². The second kappa shape index (κ2) is 12.1. The average molecular weight is 632 g/mol. The van der Waals surface area contributed by atoms with E-state index in [0.29, 0.717) is 39.6 Å². The van der Waals surface area contributed by atoms with Crippen LogP contribution in [0.1, 0.15) is 42.9 Å². The number of rotatable bonds is 9. The molecule has 1 amide bonds. The first kappa shape index (κ1) is 30.5. The summed E-state index contributed by atoms with van der Waals surface area (Å²) in [5.74, 6) is -2.14. The van der Waals surface area contributed by atoms with Crippen LogP contribution in [-0.4, -0.2) is 56.0 Å². The summed E-state index contributed by atoms with van der Waals surface area (Å²) in [5, 5.41) is 33.3. The minimum atomic E-state index is -0.885. The maximum atomic E-state index is 15.9. The van der Waals surface area contributed by atoms with Gasteiger partial charge in [0.25, 0.3) is 0 Å². The van der Waals surface area contributed by atoms with Crippen molar-refractivity contribution in [3.8, 4) is 39.5 Å². The molecular weight excluding hydrogens is 600 g/mol. The molecule has 1 aliphatic rings. The Morgan fingerprint density at radius 2 is 2.02 bits per heavy atom. The number of ether oxygens (including phenoxy) is 1. The number of aromatic amines is 1. The van der Waals surface area contributed by atoms with Crippen LogP contribution in [0.15, 0.2) is 60.5 Å². The molecule has 232 valence electrons. The number of carbonyl (C=O) groups is 1. The van der Waals surface area contributed by atoms with E-state index in [-0.39, 0.29) is 23.8 Å². The zero-order chi connectivity index (χ0) is 32.0. The zero-order valence-electron chi connectivity index (χ0n) is 24.8. The van der Waals surface area contributed by atoms with Crippen molar-refractivity contribution in [1.29, 1.82) is 0 Å². The summed E-state index contributed by atoms with van der Waals surface area (Å²) in [6.07, 6.45) is -0.415. The highest BCUT2D eigenvalue weighted by molar-refractivity contribution is 7.18. The number of aliphatic hydroxyl groups excluding tert-OH is 2. The zero-order valence-corrected chi connectivity index (χ0v) is 25.6. The number of nitrogens with zero attached hydrogens (tertiary/aromatic N) is 3. The van der Waals surface area contributed by atoms with Crippen LogP contribution in [0.25, 0.3) is 43.9 Å². The van der Waals surface area contributed by atoms with E-state index < -0.39 is 30.0 Å². The summed E-state index contributed by atoms with van der Waals surface area (Å²) in [6.45, 7) is 7.15. The van der Waals surface area contributed by atoms with Gasteiger partial charge in [-0.15, -0.1) is 11.3 Å². The number of H-pyrrole nitrogens is 1. The number of aliphatic hydroxyl groups is 2. The minimum absolute atomic E-state index is 0.0187. The van der Waals surface area contributed by atoms with Crippen LogP contribution >= 0.6 is 11.3 Å². The Morgan fingerprint density at radius 1 is 1.22 bits per heavy atom. The fourth-order valence-electron chi connectivity index (χ4n) is 5.54. The normalized spacial score (nSPS) is 16.0. The summed E-state index contributed by atoms with van der Waals surface area (Å²) in [5.41, 5.74) is 4.75. The van der Waals surface area contributed by atoms with Crippen LogP contribution in [0.5, 0.6) is 5.75 Å². The molecule has 4 heterocycles. The SMILES string of the molecule is C=CC(=O)NC(C)c1cc(-c2nc(-c3ccc4c(c3)CN(C)C4O)c3ccsc3c2-c2c(F)cc(F)cc2OCC(C)O)n[nH]1. The Morgan fingerprint density at radius 3 is 2.78 bits per heavy atom. The van der Waals surface area contributed by atoms with Crippen molar-refractivity contribution in [3.05, 3.63) is 89.0 Å². The summed E-state index contributed by atoms with van der Waals surface area (Å²) in [6, 6.07) is 10.8. The van der Waals surface area contributed by atoms with E-state index in [2.05, 4.69) is 22.1 Å². The Balaban J connectivity index is 1.60. The molecule has 0 fully saturated rings. The lowest BCUT2D eigenvalue weighted by molar-refractivity contribution is -0.117. The lowest BCUT2D eigenvalue weighted by atomic mass is 9.95. The van der Waals surface area contributed by atoms with Crippen molar-refractivity contribution < 1.29 is 28.5 Å². The molecule has 5 aromatic rings. The molecule has 3 unspecified atom stereocenters. The molecule has 0 aliphatic carbocycles. The molecule has 4 N–H and O–H groups in total. The van der Waals surface area contributed by atoms with Crippen LogP contribution < -0.4 is 10.1 Å². The average Bonchev–Trinajstić information content (AvgIpc) is 3.75. The van der Waals surface area contributed by atoms with Gasteiger partial charge >= 0.3 is 0 Å². The van der Waals surface area contributed by atoms with E-state index in [1.807, 2.05) is 41.6 Å². The molecule has 0 bridgehead atoms. The van der Waals surface area contributed by atoms with Crippen molar-refractivity contribution >= 4 is 27.3 Å². The molecule has 45 heavy (non-hydrogen) atoms. The lowest BCUT2D eigenvalue weighted by Crippen LogP contribution is -2.24. The van der Waals surface area contributed by atoms with E-state index in [1.54, 1.807) is 13.0 Å². The van der Waals surface area contributed by atoms with Crippen molar-refractivity contribution in [2.75, 3.05) is 13.7 Å². The quantitative estimate of drug-likeness (QED) is 0.150. The van der Waals surface area contributed by atoms with Gasteiger partial charge in [0.15, 0.2) is 0 Å². The number of nitrogens with one attached hydrogen (secondary N) is 2. The standard InChI is InChI=1S/C33H31F2N5O4S/c1-5-27(42)36-17(3)24-13-25(39-38-24)31-29(28-23(35)11-20(34)12-26(28)44-15-16(2)41)32-22(8-9-45-32)30(37-31)18-6-7-21-19(10-18)14-40(4)33(21)43/h5-13,16-17,33,41,43H,1,14-15H2,2-4H3,(H,36,42)(H,38,39). The molecule has 1 aliphatic heterocycles. The third-order valence-corrected chi connectivity index (χ3v) is 8.67. The maximum absolute atomic E-state index is 15.9.